The van der Waals surface area contributed by atoms with E-state index in [2.05, 4.69) is 24.8 Å². The Morgan fingerprint density at radius 3 is 2.80 bits per heavy atom. The monoisotopic (exact) mass is 570 g/mol. The van der Waals surface area contributed by atoms with Gasteiger partial charge in [0.1, 0.15) is 6.10 Å². The van der Waals surface area contributed by atoms with Crippen LogP contribution in [0.2, 0.25) is 0 Å². The van der Waals surface area contributed by atoms with Crippen molar-refractivity contribution in [3.05, 3.63) is 76.5 Å². The van der Waals surface area contributed by atoms with Crippen LogP contribution >= 0.6 is 0 Å². The summed E-state index contributed by atoms with van der Waals surface area (Å²) >= 11 is 0. The lowest BCUT2D eigenvalue weighted by molar-refractivity contribution is -0.204. The van der Waals surface area contributed by atoms with Crippen LogP contribution in [0.5, 0.6) is 0 Å². The average molecular weight is 571 g/mol. The molecule has 1 amide bonds. The summed E-state index contributed by atoms with van der Waals surface area (Å²) in [6.07, 6.45) is -3.33. The number of H-pyrrole nitrogens is 1. The summed E-state index contributed by atoms with van der Waals surface area (Å²) in [4.78, 5) is 50.8. The van der Waals surface area contributed by atoms with E-state index in [4.69, 9.17) is 4.52 Å². The predicted molar refractivity (Wildman–Crippen MR) is 138 cm³/mol. The maximum Gasteiger partial charge on any atom is 0.490 e. The van der Waals surface area contributed by atoms with Crippen LogP contribution in [-0.2, 0) is 20.7 Å². The van der Waals surface area contributed by atoms with Gasteiger partial charge in [-0.25, -0.2) is 9.78 Å². The Balaban J connectivity index is 1.37. The first-order valence-corrected chi connectivity index (χ1v) is 12.7. The zero-order valence-electron chi connectivity index (χ0n) is 21.8. The molecule has 11 nitrogen and oxygen atoms in total. The Kier molecular flexibility index (Phi) is 7.83. The van der Waals surface area contributed by atoms with Crippen molar-refractivity contribution in [1.29, 1.82) is 0 Å². The van der Waals surface area contributed by atoms with Crippen LogP contribution in [0.4, 0.5) is 13.2 Å². The molecule has 1 fully saturated rings. The Hall–Kier alpha value is -4.59. The number of ether oxygens (including phenoxy) is 1. The van der Waals surface area contributed by atoms with Crippen LogP contribution < -0.4 is 5.56 Å². The van der Waals surface area contributed by atoms with Gasteiger partial charge in [0.25, 0.3) is 5.56 Å². The van der Waals surface area contributed by atoms with Gasteiger partial charge in [0, 0.05) is 32.2 Å². The van der Waals surface area contributed by atoms with Gasteiger partial charge in [-0.05, 0) is 35.7 Å². The molecule has 0 bridgehead atoms. The number of likely N-dealkylation sites (tertiary alicyclic amines) is 1. The molecule has 1 saturated heterocycles. The highest BCUT2D eigenvalue weighted by atomic mass is 19.4. The van der Waals surface area contributed by atoms with Crippen LogP contribution in [-0.4, -0.2) is 80.7 Å². The van der Waals surface area contributed by atoms with Crippen molar-refractivity contribution in [2.24, 2.45) is 0 Å². The molecule has 41 heavy (non-hydrogen) atoms. The van der Waals surface area contributed by atoms with E-state index in [0.29, 0.717) is 34.5 Å². The summed E-state index contributed by atoms with van der Waals surface area (Å²) in [6, 6.07) is 11.9. The van der Waals surface area contributed by atoms with Gasteiger partial charge in [-0.15, -0.1) is 0 Å². The third kappa shape index (κ3) is 6.60. The van der Waals surface area contributed by atoms with E-state index in [1.807, 2.05) is 17.0 Å². The molecule has 1 aliphatic rings. The second kappa shape index (κ2) is 11.5. The number of aromatic nitrogens is 4. The van der Waals surface area contributed by atoms with Gasteiger partial charge >= 0.3 is 12.1 Å². The molecule has 4 aromatic rings. The van der Waals surface area contributed by atoms with Crippen molar-refractivity contribution in [2.45, 2.75) is 31.2 Å². The van der Waals surface area contributed by atoms with Crippen molar-refractivity contribution in [3.63, 3.8) is 0 Å². The van der Waals surface area contributed by atoms with E-state index >= 15 is 0 Å². The molecular formula is C27H25F3N6O5. The average Bonchev–Trinajstić information content (AvgIpc) is 3.63. The largest absolute Gasteiger partial charge is 0.490 e. The molecule has 2 atom stereocenters. The molecule has 5 rings (SSSR count). The van der Waals surface area contributed by atoms with Crippen LogP contribution in [0.25, 0.3) is 22.4 Å². The maximum absolute atomic E-state index is 13.5. The minimum atomic E-state index is -5.07. The van der Waals surface area contributed by atoms with Crippen molar-refractivity contribution in [3.8, 4) is 11.4 Å². The van der Waals surface area contributed by atoms with E-state index in [1.165, 1.54) is 12.6 Å². The van der Waals surface area contributed by atoms with E-state index in [-0.39, 0.29) is 37.4 Å². The first kappa shape index (κ1) is 28.0. The number of hydrogen-bond acceptors (Lipinski definition) is 9. The van der Waals surface area contributed by atoms with Crippen molar-refractivity contribution < 1.29 is 32.0 Å². The van der Waals surface area contributed by atoms with E-state index in [0.717, 1.165) is 5.56 Å². The number of likely N-dealkylation sites (N-methyl/N-ethyl adjacent to an activating group) is 1. The molecule has 1 N–H and O–H groups in total. The first-order chi connectivity index (χ1) is 19.6. The number of amides is 1. The first-order valence-electron chi connectivity index (χ1n) is 12.7. The molecule has 0 spiro atoms. The molecule has 0 aliphatic carbocycles. The zero-order chi connectivity index (χ0) is 29.1. The number of halogens is 3. The number of benzene rings is 2. The Labute approximate surface area is 230 Å². The second-order valence-corrected chi connectivity index (χ2v) is 9.75. The Morgan fingerprint density at radius 2 is 2.05 bits per heavy atom. The van der Waals surface area contributed by atoms with Gasteiger partial charge in [-0.1, -0.05) is 29.4 Å². The molecule has 0 unspecified atom stereocenters. The summed E-state index contributed by atoms with van der Waals surface area (Å²) in [5, 5.41) is 3.87. The highest BCUT2D eigenvalue weighted by Crippen LogP contribution is 2.28. The number of nitrogens with zero attached hydrogens (tertiary/aromatic N) is 5. The zero-order valence-corrected chi connectivity index (χ0v) is 21.8. The van der Waals surface area contributed by atoms with E-state index in [9.17, 15) is 27.6 Å². The fraction of sp³-hybridized carbons (Fsp3) is 0.333. The summed E-state index contributed by atoms with van der Waals surface area (Å²) < 4.78 is 47.6. The summed E-state index contributed by atoms with van der Waals surface area (Å²) in [5.41, 5.74) is 2.80. The molecular weight excluding hydrogens is 545 g/mol. The quantitative estimate of drug-likeness (QED) is 0.317. The van der Waals surface area contributed by atoms with Crippen molar-refractivity contribution >= 4 is 22.9 Å². The normalized spacial score (nSPS) is 16.5. The molecule has 2 aromatic heterocycles. The SMILES string of the molecule is CN(C(=O)Cc1ccc2ncc(=O)[nH]c2c1)[C@H](CN1CC[C@H](OC(=O)C(F)(F)F)C1)c1cccc(-c2ncon2)c1. The number of alkyl halides is 3. The van der Waals surface area contributed by atoms with Gasteiger partial charge in [0.05, 0.1) is 29.7 Å². The number of rotatable bonds is 8. The fourth-order valence-corrected chi connectivity index (χ4v) is 4.83. The highest BCUT2D eigenvalue weighted by molar-refractivity contribution is 5.81. The van der Waals surface area contributed by atoms with Gasteiger partial charge in [-0.3, -0.25) is 14.5 Å². The van der Waals surface area contributed by atoms with Crippen LogP contribution in [0.15, 0.2) is 64.4 Å². The lowest BCUT2D eigenvalue weighted by Crippen LogP contribution is -2.40. The number of esters is 1. The third-order valence-electron chi connectivity index (χ3n) is 6.91. The van der Waals surface area contributed by atoms with Crippen molar-refractivity contribution in [2.75, 3.05) is 26.7 Å². The topological polar surface area (TPSA) is 135 Å². The molecule has 14 heteroatoms. The number of carbonyl (C=O) groups excluding carboxylic acids is 2. The van der Waals surface area contributed by atoms with Gasteiger partial charge in [0.15, 0.2) is 0 Å². The predicted octanol–water partition coefficient (Wildman–Crippen LogP) is 2.90. The maximum atomic E-state index is 13.5. The van der Waals surface area contributed by atoms with E-state index in [1.54, 1.807) is 42.3 Å². The van der Waals surface area contributed by atoms with Crippen LogP contribution in [0, 0.1) is 0 Å². The molecule has 0 radical (unpaired) electrons. The van der Waals surface area contributed by atoms with Crippen molar-refractivity contribution in [1.82, 2.24) is 29.9 Å². The summed E-state index contributed by atoms with van der Waals surface area (Å²) in [6.45, 7) is 0.743. The van der Waals surface area contributed by atoms with E-state index < -0.39 is 24.3 Å². The lowest BCUT2D eigenvalue weighted by Gasteiger charge is -2.32. The fourth-order valence-electron chi connectivity index (χ4n) is 4.83. The summed E-state index contributed by atoms with van der Waals surface area (Å²) in [7, 11) is 1.65. The van der Waals surface area contributed by atoms with Gasteiger partial charge in [0.2, 0.25) is 18.1 Å². The number of fused-ring (bicyclic) bond motifs is 1. The third-order valence-corrected chi connectivity index (χ3v) is 6.91. The van der Waals surface area contributed by atoms with Gasteiger partial charge in [-0.2, -0.15) is 18.2 Å². The minimum Gasteiger partial charge on any atom is -0.454 e. The van der Waals surface area contributed by atoms with Gasteiger partial charge < -0.3 is 19.1 Å². The molecule has 3 heterocycles. The van der Waals surface area contributed by atoms with Crippen LogP contribution in [0.3, 0.4) is 0 Å². The number of hydrogen-bond donors (Lipinski definition) is 1. The lowest BCUT2D eigenvalue weighted by atomic mass is 10.0. The number of carbonyl (C=O) groups is 2. The Bertz CT molecular complexity index is 1610. The smallest absolute Gasteiger partial charge is 0.454 e. The molecule has 2 aromatic carbocycles. The number of aromatic amines is 1. The minimum absolute atomic E-state index is 0.0240. The second-order valence-electron chi connectivity index (χ2n) is 9.75. The molecule has 214 valence electrons. The Morgan fingerprint density at radius 1 is 1.22 bits per heavy atom. The van der Waals surface area contributed by atoms with Crippen LogP contribution in [0.1, 0.15) is 23.6 Å². The summed E-state index contributed by atoms with van der Waals surface area (Å²) in [5.74, 6) is -2.09. The number of nitrogens with one attached hydrogen (secondary N) is 1. The molecule has 1 aliphatic heterocycles. The molecule has 0 saturated carbocycles. The standard InChI is InChI=1S/C27H25F3N6O5/c1-35(24(38)10-16-5-6-20-21(9-16)33-23(37)12-31-20)22(17-3-2-4-18(11-17)25-32-15-40-34-25)14-36-8-7-19(13-36)41-26(39)27(28,29)30/h2-6,9,11-12,15,19,22H,7-8,10,13-14H2,1H3,(H,33,37)/t19-,22+/m0/s1. The highest BCUT2D eigenvalue weighted by Gasteiger charge is 2.43.